The first kappa shape index (κ1) is 16.5. The quantitative estimate of drug-likeness (QED) is 0.839. The predicted octanol–water partition coefficient (Wildman–Crippen LogP) is 2.09. The molecule has 0 unspecified atom stereocenters. The van der Waals surface area contributed by atoms with E-state index in [-0.39, 0.29) is 24.1 Å². The predicted molar refractivity (Wildman–Crippen MR) is 82.7 cm³/mol. The van der Waals surface area contributed by atoms with Crippen LogP contribution in [0, 0.1) is 11.2 Å². The molecule has 0 saturated carbocycles. The smallest absolute Gasteiger partial charge is 0.228 e. The SMILES string of the molecule is CC(C)(C)C(=O)N1CCN(C(=O)Cc2cccc(F)c2)CC1. The van der Waals surface area contributed by atoms with Gasteiger partial charge in [-0.15, -0.1) is 0 Å². The number of rotatable bonds is 2. The molecule has 1 saturated heterocycles. The van der Waals surface area contributed by atoms with Crippen LogP contribution in [0.25, 0.3) is 0 Å². The lowest BCUT2D eigenvalue weighted by molar-refractivity contribution is -0.144. The zero-order chi connectivity index (χ0) is 16.3. The average Bonchev–Trinajstić information content (AvgIpc) is 2.45. The van der Waals surface area contributed by atoms with Crippen LogP contribution >= 0.6 is 0 Å². The Morgan fingerprint density at radius 1 is 1.09 bits per heavy atom. The third-order valence-electron chi connectivity index (χ3n) is 3.81. The van der Waals surface area contributed by atoms with Crippen molar-refractivity contribution < 1.29 is 14.0 Å². The Morgan fingerprint density at radius 2 is 1.68 bits per heavy atom. The molecule has 2 rings (SSSR count). The third kappa shape index (κ3) is 4.06. The summed E-state index contributed by atoms with van der Waals surface area (Å²) < 4.78 is 13.1. The number of nitrogens with zero attached hydrogens (tertiary/aromatic N) is 2. The number of amides is 2. The minimum absolute atomic E-state index is 0.0199. The second kappa shape index (κ2) is 6.46. The molecule has 1 aromatic rings. The first-order chi connectivity index (χ1) is 10.3. The molecular formula is C17H23FN2O2. The Morgan fingerprint density at radius 3 is 2.23 bits per heavy atom. The lowest BCUT2D eigenvalue weighted by atomic mass is 9.94. The van der Waals surface area contributed by atoms with E-state index in [1.807, 2.05) is 25.7 Å². The number of carbonyl (C=O) groups excluding carboxylic acids is 2. The highest BCUT2D eigenvalue weighted by atomic mass is 19.1. The normalized spacial score (nSPS) is 15.8. The molecule has 1 aliphatic rings. The van der Waals surface area contributed by atoms with E-state index in [4.69, 9.17) is 0 Å². The van der Waals surface area contributed by atoms with Crippen LogP contribution in [0.5, 0.6) is 0 Å². The van der Waals surface area contributed by atoms with Crippen molar-refractivity contribution in [3.63, 3.8) is 0 Å². The molecule has 1 aliphatic heterocycles. The Balaban J connectivity index is 1.89. The van der Waals surface area contributed by atoms with Gasteiger partial charge in [0.1, 0.15) is 5.82 Å². The van der Waals surface area contributed by atoms with Crippen LogP contribution in [0.1, 0.15) is 26.3 Å². The molecule has 0 N–H and O–H groups in total. The summed E-state index contributed by atoms with van der Waals surface area (Å²) in [7, 11) is 0. The minimum atomic E-state index is -0.395. The molecule has 5 heteroatoms. The van der Waals surface area contributed by atoms with Crippen molar-refractivity contribution in [3.8, 4) is 0 Å². The molecule has 0 radical (unpaired) electrons. The third-order valence-corrected chi connectivity index (χ3v) is 3.81. The molecular weight excluding hydrogens is 283 g/mol. The Bertz CT molecular complexity index is 558. The van der Waals surface area contributed by atoms with Gasteiger partial charge in [0.05, 0.1) is 6.42 Å². The molecule has 0 atom stereocenters. The number of carbonyl (C=O) groups is 2. The maximum absolute atomic E-state index is 13.1. The lowest BCUT2D eigenvalue weighted by Crippen LogP contribution is -2.53. The van der Waals surface area contributed by atoms with Gasteiger partial charge in [0.15, 0.2) is 0 Å². The monoisotopic (exact) mass is 306 g/mol. The van der Waals surface area contributed by atoms with Gasteiger partial charge in [-0.25, -0.2) is 4.39 Å². The van der Waals surface area contributed by atoms with Crippen LogP contribution in [-0.4, -0.2) is 47.8 Å². The van der Waals surface area contributed by atoms with E-state index >= 15 is 0 Å². The van der Waals surface area contributed by atoms with Crippen molar-refractivity contribution in [3.05, 3.63) is 35.6 Å². The van der Waals surface area contributed by atoms with Crippen LogP contribution < -0.4 is 0 Å². The van der Waals surface area contributed by atoms with E-state index < -0.39 is 5.41 Å². The zero-order valence-electron chi connectivity index (χ0n) is 13.4. The van der Waals surface area contributed by atoms with Gasteiger partial charge in [0, 0.05) is 31.6 Å². The Kier molecular flexibility index (Phi) is 4.84. The fourth-order valence-electron chi connectivity index (χ4n) is 2.57. The van der Waals surface area contributed by atoms with Crippen molar-refractivity contribution in [1.82, 2.24) is 9.80 Å². The molecule has 0 aromatic heterocycles. The van der Waals surface area contributed by atoms with Crippen molar-refractivity contribution >= 4 is 11.8 Å². The van der Waals surface area contributed by atoms with Crippen LogP contribution in [-0.2, 0) is 16.0 Å². The van der Waals surface area contributed by atoms with E-state index in [1.54, 1.807) is 17.0 Å². The highest BCUT2D eigenvalue weighted by Gasteiger charge is 2.30. The largest absolute Gasteiger partial charge is 0.339 e. The number of halogens is 1. The molecule has 0 bridgehead atoms. The number of hydrogen-bond donors (Lipinski definition) is 0. The second-order valence-corrected chi connectivity index (χ2v) is 6.73. The van der Waals surface area contributed by atoms with Gasteiger partial charge in [-0.1, -0.05) is 32.9 Å². The summed E-state index contributed by atoms with van der Waals surface area (Å²) >= 11 is 0. The molecule has 1 fully saturated rings. The van der Waals surface area contributed by atoms with Gasteiger partial charge in [-0.05, 0) is 17.7 Å². The fraction of sp³-hybridized carbons (Fsp3) is 0.529. The molecule has 4 nitrogen and oxygen atoms in total. The Labute approximate surface area is 130 Å². The van der Waals surface area contributed by atoms with Crippen LogP contribution in [0.2, 0.25) is 0 Å². The summed E-state index contributed by atoms with van der Waals surface area (Å²) in [5.41, 5.74) is 0.284. The average molecular weight is 306 g/mol. The van der Waals surface area contributed by atoms with E-state index in [9.17, 15) is 14.0 Å². The standard InChI is InChI=1S/C17H23FN2O2/c1-17(2,3)16(22)20-9-7-19(8-10-20)15(21)12-13-5-4-6-14(18)11-13/h4-6,11H,7-10,12H2,1-3H3. The summed E-state index contributed by atoms with van der Waals surface area (Å²) in [4.78, 5) is 28.0. The van der Waals surface area contributed by atoms with Crippen LogP contribution in [0.3, 0.4) is 0 Å². The van der Waals surface area contributed by atoms with Gasteiger partial charge in [-0.2, -0.15) is 0 Å². The van der Waals surface area contributed by atoms with E-state index in [2.05, 4.69) is 0 Å². The van der Waals surface area contributed by atoms with E-state index in [1.165, 1.54) is 12.1 Å². The maximum Gasteiger partial charge on any atom is 0.228 e. The van der Waals surface area contributed by atoms with Crippen LogP contribution in [0.15, 0.2) is 24.3 Å². The lowest BCUT2D eigenvalue weighted by Gasteiger charge is -2.37. The zero-order valence-corrected chi connectivity index (χ0v) is 13.4. The van der Waals surface area contributed by atoms with Crippen LogP contribution in [0.4, 0.5) is 4.39 Å². The van der Waals surface area contributed by atoms with Gasteiger partial charge in [-0.3, -0.25) is 9.59 Å². The summed E-state index contributed by atoms with van der Waals surface area (Å²) in [6.07, 6.45) is 0.199. The van der Waals surface area contributed by atoms with Crippen molar-refractivity contribution in [2.24, 2.45) is 5.41 Å². The van der Waals surface area contributed by atoms with Gasteiger partial charge < -0.3 is 9.80 Å². The summed E-state index contributed by atoms with van der Waals surface area (Å²) in [5, 5.41) is 0. The fourth-order valence-corrected chi connectivity index (χ4v) is 2.57. The topological polar surface area (TPSA) is 40.6 Å². The summed E-state index contributed by atoms with van der Waals surface area (Å²) in [5.74, 6) is -0.232. The van der Waals surface area contributed by atoms with Crippen molar-refractivity contribution in [2.45, 2.75) is 27.2 Å². The van der Waals surface area contributed by atoms with E-state index in [0.717, 1.165) is 0 Å². The second-order valence-electron chi connectivity index (χ2n) is 6.73. The molecule has 0 spiro atoms. The number of hydrogen-bond acceptors (Lipinski definition) is 2. The number of benzene rings is 1. The Hall–Kier alpha value is -1.91. The summed E-state index contributed by atoms with van der Waals surface area (Å²) in [6, 6.07) is 6.11. The first-order valence-electron chi connectivity index (χ1n) is 7.59. The van der Waals surface area contributed by atoms with Crippen molar-refractivity contribution in [2.75, 3.05) is 26.2 Å². The van der Waals surface area contributed by atoms with Crippen molar-refractivity contribution in [1.29, 1.82) is 0 Å². The highest BCUT2D eigenvalue weighted by Crippen LogP contribution is 2.19. The maximum atomic E-state index is 13.1. The summed E-state index contributed by atoms with van der Waals surface area (Å²) in [6.45, 7) is 7.90. The van der Waals surface area contributed by atoms with Gasteiger partial charge >= 0.3 is 0 Å². The minimum Gasteiger partial charge on any atom is -0.339 e. The molecule has 1 heterocycles. The van der Waals surface area contributed by atoms with Gasteiger partial charge in [0.25, 0.3) is 0 Å². The molecule has 1 aromatic carbocycles. The number of piperazine rings is 1. The first-order valence-corrected chi connectivity index (χ1v) is 7.59. The molecule has 22 heavy (non-hydrogen) atoms. The molecule has 120 valence electrons. The molecule has 2 amide bonds. The van der Waals surface area contributed by atoms with Gasteiger partial charge in [0.2, 0.25) is 11.8 Å². The molecule has 0 aliphatic carbocycles. The highest BCUT2D eigenvalue weighted by molar-refractivity contribution is 5.82. The van der Waals surface area contributed by atoms with E-state index in [0.29, 0.717) is 31.7 Å².